The maximum Gasteiger partial charge on any atom is 0.220 e. The first-order chi connectivity index (χ1) is 40.7. The molecule has 0 aliphatic rings. The molecule has 0 aliphatic heterocycles. The molecule has 4 nitrogen and oxygen atoms in total. The molecule has 0 saturated carbocycles. The molecule has 0 aromatic heterocycles. The molecule has 0 radical (unpaired) electrons. The molecule has 0 aromatic rings. The van der Waals surface area contributed by atoms with Gasteiger partial charge in [-0.05, 0) is 103 Å². The quantitative estimate of drug-likeness (QED) is 0.0420. The third kappa shape index (κ3) is 67.6. The Kier molecular flexibility index (Phi) is 69.2. The van der Waals surface area contributed by atoms with Gasteiger partial charge in [0, 0.05) is 6.42 Å². The summed E-state index contributed by atoms with van der Waals surface area (Å²) in [5.41, 5.74) is 0. The number of nitrogens with one attached hydrogen (secondary N) is 1. The summed E-state index contributed by atoms with van der Waals surface area (Å²) in [6.45, 7) is 4.20. The predicted molar refractivity (Wildman–Crippen MR) is 368 cm³/mol. The van der Waals surface area contributed by atoms with Gasteiger partial charge in [0.2, 0.25) is 5.91 Å². The van der Waals surface area contributed by atoms with Crippen molar-refractivity contribution in [2.75, 3.05) is 6.61 Å². The van der Waals surface area contributed by atoms with Gasteiger partial charge in [-0.2, -0.15) is 0 Å². The zero-order valence-electron chi connectivity index (χ0n) is 54.5. The van der Waals surface area contributed by atoms with E-state index in [4.69, 9.17) is 0 Å². The van der Waals surface area contributed by atoms with Gasteiger partial charge in [-0.3, -0.25) is 4.79 Å². The highest BCUT2D eigenvalue weighted by atomic mass is 16.3. The van der Waals surface area contributed by atoms with E-state index in [0.29, 0.717) is 6.42 Å². The lowest BCUT2D eigenvalue weighted by atomic mass is 10.0. The molecule has 0 fully saturated rings. The number of allylic oxidation sites excluding steroid dienone is 19. The van der Waals surface area contributed by atoms with Crippen LogP contribution in [0, 0.1) is 0 Å². The minimum atomic E-state index is -0.878. The van der Waals surface area contributed by atoms with Crippen molar-refractivity contribution in [2.24, 2.45) is 0 Å². The van der Waals surface area contributed by atoms with Crippen LogP contribution in [0.3, 0.4) is 0 Å². The van der Waals surface area contributed by atoms with Gasteiger partial charge in [-0.25, -0.2) is 0 Å². The summed E-state index contributed by atoms with van der Waals surface area (Å²) in [5.74, 6) is -0.0771. The molecule has 2 unspecified atom stereocenters. The van der Waals surface area contributed by atoms with Gasteiger partial charge in [-0.1, -0.05) is 360 Å². The van der Waals surface area contributed by atoms with Crippen molar-refractivity contribution in [3.63, 3.8) is 0 Å². The van der Waals surface area contributed by atoms with Crippen LogP contribution in [0.2, 0.25) is 0 Å². The van der Waals surface area contributed by atoms with E-state index in [1.54, 1.807) is 6.08 Å². The van der Waals surface area contributed by atoms with E-state index in [-0.39, 0.29) is 12.5 Å². The van der Waals surface area contributed by atoms with Crippen molar-refractivity contribution in [1.82, 2.24) is 5.32 Å². The zero-order valence-corrected chi connectivity index (χ0v) is 54.5. The van der Waals surface area contributed by atoms with Crippen LogP contribution >= 0.6 is 0 Å². The largest absolute Gasteiger partial charge is 0.394 e. The second kappa shape index (κ2) is 72.1. The van der Waals surface area contributed by atoms with E-state index in [0.717, 1.165) is 83.5 Å². The fourth-order valence-corrected chi connectivity index (χ4v) is 10.5. The van der Waals surface area contributed by atoms with Crippen molar-refractivity contribution < 1.29 is 15.0 Å². The second-order valence-electron chi connectivity index (χ2n) is 23.9. The van der Waals surface area contributed by atoms with Crippen LogP contribution in [-0.4, -0.2) is 34.9 Å². The van der Waals surface area contributed by atoms with Gasteiger partial charge in [0.25, 0.3) is 0 Å². The molecule has 3 N–H and O–H groups in total. The molecule has 0 rings (SSSR count). The summed E-state index contributed by atoms with van der Waals surface area (Å²) in [6.07, 6.45) is 110. The number of carbonyl (C=O) groups is 1. The Balaban J connectivity index is 3.53. The molecule has 0 bridgehead atoms. The molecule has 82 heavy (non-hydrogen) atoms. The van der Waals surface area contributed by atoms with E-state index in [1.165, 1.54) is 244 Å². The summed E-state index contributed by atoms with van der Waals surface area (Å²) in [5, 5.41) is 23.3. The van der Waals surface area contributed by atoms with Crippen molar-refractivity contribution in [3.05, 3.63) is 122 Å². The zero-order chi connectivity index (χ0) is 59.1. The van der Waals surface area contributed by atoms with Crippen LogP contribution in [0.4, 0.5) is 0 Å². The highest BCUT2D eigenvalue weighted by molar-refractivity contribution is 5.76. The van der Waals surface area contributed by atoms with Crippen molar-refractivity contribution in [1.29, 1.82) is 0 Å². The first-order valence-corrected chi connectivity index (χ1v) is 35.7. The third-order valence-electron chi connectivity index (χ3n) is 15.9. The summed E-state index contributed by atoms with van der Waals surface area (Å²) in [4.78, 5) is 12.5. The van der Waals surface area contributed by atoms with E-state index < -0.39 is 12.1 Å². The molecule has 0 spiro atoms. The maximum absolute atomic E-state index is 12.5. The molecule has 0 saturated heterocycles. The van der Waals surface area contributed by atoms with Crippen LogP contribution in [0.25, 0.3) is 0 Å². The molecule has 0 aromatic carbocycles. The number of aliphatic hydroxyl groups is 2. The van der Waals surface area contributed by atoms with Crippen LogP contribution in [0.5, 0.6) is 0 Å². The molecule has 0 heterocycles. The first-order valence-electron chi connectivity index (χ1n) is 35.7. The van der Waals surface area contributed by atoms with Gasteiger partial charge in [0.05, 0.1) is 18.8 Å². The number of unbranched alkanes of at least 4 members (excludes halogenated alkanes) is 40. The van der Waals surface area contributed by atoms with Crippen molar-refractivity contribution in [2.45, 2.75) is 360 Å². The van der Waals surface area contributed by atoms with Gasteiger partial charge in [0.1, 0.15) is 0 Å². The van der Waals surface area contributed by atoms with Gasteiger partial charge >= 0.3 is 0 Å². The summed E-state index contributed by atoms with van der Waals surface area (Å²) >= 11 is 0. The number of amides is 1. The minimum absolute atomic E-state index is 0.0771. The number of rotatable bonds is 65. The van der Waals surface area contributed by atoms with Crippen LogP contribution in [0.1, 0.15) is 348 Å². The highest BCUT2D eigenvalue weighted by Crippen LogP contribution is 2.18. The van der Waals surface area contributed by atoms with Gasteiger partial charge < -0.3 is 15.5 Å². The Bertz CT molecular complexity index is 1570. The number of hydrogen-bond acceptors (Lipinski definition) is 3. The number of carbonyl (C=O) groups excluding carboxylic acids is 1. The molecule has 1 amide bonds. The smallest absolute Gasteiger partial charge is 0.220 e. The first kappa shape index (κ1) is 78.8. The van der Waals surface area contributed by atoms with E-state index in [2.05, 4.69) is 129 Å². The Labute approximate surface area is 511 Å². The number of aliphatic hydroxyl groups excluding tert-OH is 2. The summed E-state index contributed by atoms with van der Waals surface area (Å²) < 4.78 is 0. The monoisotopic (exact) mass is 1140 g/mol. The Morgan fingerprint density at radius 2 is 0.549 bits per heavy atom. The highest BCUT2D eigenvalue weighted by Gasteiger charge is 2.18. The second-order valence-corrected chi connectivity index (χ2v) is 23.9. The van der Waals surface area contributed by atoms with E-state index in [9.17, 15) is 15.0 Å². The fourth-order valence-electron chi connectivity index (χ4n) is 10.5. The Hall–Kier alpha value is -3.21. The minimum Gasteiger partial charge on any atom is -0.394 e. The lowest BCUT2D eigenvalue weighted by Crippen LogP contribution is -2.45. The Morgan fingerprint density at radius 3 is 0.854 bits per heavy atom. The molecule has 472 valence electrons. The lowest BCUT2D eigenvalue weighted by Gasteiger charge is -2.19. The number of hydrogen-bond donors (Lipinski definition) is 3. The standard InChI is InChI=1S/C78H137NO3/c1-3-5-7-9-11-13-15-17-19-21-23-25-27-29-31-33-35-36-37-38-39-40-41-42-44-46-48-50-52-54-56-58-60-62-64-66-68-70-72-74-78(82)79-76(75-80)77(81)73-71-69-67-65-63-61-59-57-55-53-51-49-47-45-43-34-32-30-28-26-24-22-20-18-16-14-12-10-8-6-4-2/h5,7,11,13,17,19,23,25,29,31,35-36,38-39,55,57,63,65,71,73,76-77,80-81H,3-4,6,8-10,12,14-16,18,20-22,24,26-28,30,32-34,37,40-54,56,58-62,64,66-70,72,74-75H2,1-2H3,(H,79,82)/b7-5-,13-11-,19-17-,25-23-,31-29-,36-35-,39-38-,57-55+,65-63+,73-71+. The average Bonchev–Trinajstić information content (AvgIpc) is 3.50. The predicted octanol–water partition coefficient (Wildman–Crippen LogP) is 24.7. The van der Waals surface area contributed by atoms with Crippen molar-refractivity contribution in [3.8, 4) is 0 Å². The molecular weight excluding hydrogens is 999 g/mol. The fraction of sp³-hybridized carbons (Fsp3) is 0.731. The third-order valence-corrected chi connectivity index (χ3v) is 15.9. The van der Waals surface area contributed by atoms with Crippen molar-refractivity contribution >= 4 is 5.91 Å². The van der Waals surface area contributed by atoms with Gasteiger partial charge in [-0.15, -0.1) is 0 Å². The normalized spacial score (nSPS) is 13.5. The topological polar surface area (TPSA) is 69.6 Å². The van der Waals surface area contributed by atoms with Crippen LogP contribution in [-0.2, 0) is 4.79 Å². The molecular formula is C78H137NO3. The van der Waals surface area contributed by atoms with E-state index >= 15 is 0 Å². The Morgan fingerprint density at radius 1 is 0.305 bits per heavy atom. The summed E-state index contributed by atoms with van der Waals surface area (Å²) in [7, 11) is 0. The summed E-state index contributed by atoms with van der Waals surface area (Å²) in [6, 6.07) is -0.653. The van der Waals surface area contributed by atoms with Crippen LogP contribution < -0.4 is 5.32 Å². The maximum atomic E-state index is 12.5. The molecule has 2 atom stereocenters. The van der Waals surface area contributed by atoms with Crippen LogP contribution in [0.15, 0.2) is 122 Å². The molecule has 4 heteroatoms. The van der Waals surface area contributed by atoms with E-state index in [1.807, 2.05) is 6.08 Å². The molecule has 0 aliphatic carbocycles. The lowest BCUT2D eigenvalue weighted by molar-refractivity contribution is -0.123. The average molecular weight is 1140 g/mol. The SMILES string of the molecule is CC/C=C\C/C=C\C/C=C\C/C=C\C/C=C\C/C=C\C/C=C\CCCCCCCCCCCCCCCCCCCC(=O)NC(CO)C(O)/C=C/CC/C=C/CC/C=C/CCCCCCCCCCCCCCCCCCCCCCC. The van der Waals surface area contributed by atoms with Gasteiger partial charge in [0.15, 0.2) is 0 Å².